The molecule has 0 aliphatic carbocycles. The average Bonchev–Trinajstić information content (AvgIpc) is 2.28. The van der Waals surface area contributed by atoms with Crippen LogP contribution in [-0.4, -0.2) is 42.7 Å². The topological polar surface area (TPSA) is 64.7 Å². The molecule has 0 aromatic heterocycles. The Hall–Kier alpha value is -0.160. The molecule has 100 valence electrons. The summed E-state index contributed by atoms with van der Waals surface area (Å²) in [6, 6.07) is 0. The van der Waals surface area contributed by atoms with E-state index in [9.17, 15) is 5.11 Å². The minimum Gasteiger partial charge on any atom is -0.389 e. The summed E-state index contributed by atoms with van der Waals surface area (Å²) in [5, 5.41) is 11.0. The summed E-state index contributed by atoms with van der Waals surface area (Å²) in [4.78, 5) is 0. The van der Waals surface area contributed by atoms with Gasteiger partial charge in [0.05, 0.1) is 24.4 Å². The van der Waals surface area contributed by atoms with Crippen LogP contribution in [0.15, 0.2) is 0 Å². The maximum atomic E-state index is 11.0. The molecule has 2 unspecified atom stereocenters. The van der Waals surface area contributed by atoms with Gasteiger partial charge in [-0.3, -0.25) is 0 Å². The van der Waals surface area contributed by atoms with E-state index >= 15 is 0 Å². The number of ether oxygens (including phenoxy) is 2. The lowest BCUT2D eigenvalue weighted by molar-refractivity contribution is -0.216. The molecule has 2 aliphatic heterocycles. The number of rotatable bonds is 2. The lowest BCUT2D eigenvalue weighted by Crippen LogP contribution is -2.61. The largest absolute Gasteiger partial charge is 0.389 e. The van der Waals surface area contributed by atoms with Gasteiger partial charge in [0, 0.05) is 31.4 Å². The fourth-order valence-corrected chi connectivity index (χ4v) is 3.36. The molecule has 0 aromatic rings. The van der Waals surface area contributed by atoms with Crippen LogP contribution < -0.4 is 5.73 Å². The molecule has 3 N–H and O–H groups in total. The normalized spacial score (nSPS) is 42.4. The minimum atomic E-state index is -0.746. The van der Waals surface area contributed by atoms with E-state index in [2.05, 4.69) is 0 Å². The van der Waals surface area contributed by atoms with Gasteiger partial charge < -0.3 is 20.3 Å². The van der Waals surface area contributed by atoms with Gasteiger partial charge in [-0.2, -0.15) is 0 Å². The highest BCUT2D eigenvalue weighted by atomic mass is 16.5. The van der Waals surface area contributed by atoms with Gasteiger partial charge in [-0.05, 0) is 26.7 Å². The smallest absolute Gasteiger partial charge is 0.0787 e. The van der Waals surface area contributed by atoms with Crippen molar-refractivity contribution in [3.8, 4) is 0 Å². The summed E-state index contributed by atoms with van der Waals surface area (Å²) >= 11 is 0. The Bertz CT molecular complexity index is 274. The quantitative estimate of drug-likeness (QED) is 0.761. The second-order valence-electron chi connectivity index (χ2n) is 6.21. The third kappa shape index (κ3) is 2.36. The lowest BCUT2D eigenvalue weighted by Gasteiger charge is -2.53. The van der Waals surface area contributed by atoms with Gasteiger partial charge in [-0.25, -0.2) is 0 Å². The van der Waals surface area contributed by atoms with E-state index in [1.807, 2.05) is 13.8 Å². The molecule has 2 atom stereocenters. The molecule has 2 aliphatic rings. The molecule has 4 nitrogen and oxygen atoms in total. The van der Waals surface area contributed by atoms with E-state index in [4.69, 9.17) is 15.2 Å². The molecule has 0 aromatic carbocycles. The van der Waals surface area contributed by atoms with Crippen LogP contribution in [-0.2, 0) is 9.47 Å². The first-order valence-corrected chi connectivity index (χ1v) is 6.57. The summed E-state index contributed by atoms with van der Waals surface area (Å²) in [6.45, 7) is 6.52. The number of hydrogen-bond donors (Lipinski definition) is 2. The van der Waals surface area contributed by atoms with E-state index in [1.165, 1.54) is 0 Å². The molecule has 2 fully saturated rings. The number of aliphatic hydroxyl groups is 1. The Morgan fingerprint density at radius 1 is 1.24 bits per heavy atom. The maximum absolute atomic E-state index is 11.0. The Morgan fingerprint density at radius 2 is 2.00 bits per heavy atom. The lowest BCUT2D eigenvalue weighted by atomic mass is 9.62. The molecule has 2 rings (SSSR count). The van der Waals surface area contributed by atoms with E-state index in [0.29, 0.717) is 32.6 Å². The minimum absolute atomic E-state index is 0.271. The van der Waals surface area contributed by atoms with E-state index in [-0.39, 0.29) is 11.0 Å². The van der Waals surface area contributed by atoms with Crippen LogP contribution in [0.3, 0.4) is 0 Å². The Morgan fingerprint density at radius 3 is 2.53 bits per heavy atom. The Labute approximate surface area is 103 Å². The van der Waals surface area contributed by atoms with Crippen LogP contribution in [0.1, 0.15) is 39.5 Å². The highest BCUT2D eigenvalue weighted by Gasteiger charge is 2.54. The fourth-order valence-electron chi connectivity index (χ4n) is 3.36. The van der Waals surface area contributed by atoms with Gasteiger partial charge in [0.1, 0.15) is 0 Å². The van der Waals surface area contributed by atoms with Crippen LogP contribution in [0, 0.1) is 5.41 Å². The van der Waals surface area contributed by atoms with Crippen molar-refractivity contribution in [3.63, 3.8) is 0 Å². The Kier molecular flexibility index (Phi) is 3.51. The van der Waals surface area contributed by atoms with Gasteiger partial charge in [0.2, 0.25) is 0 Å². The van der Waals surface area contributed by atoms with Crippen LogP contribution in [0.4, 0.5) is 0 Å². The van der Waals surface area contributed by atoms with Crippen molar-refractivity contribution in [2.45, 2.75) is 50.7 Å². The molecule has 0 radical (unpaired) electrons. The second kappa shape index (κ2) is 4.50. The second-order valence-corrected chi connectivity index (χ2v) is 6.21. The van der Waals surface area contributed by atoms with Crippen molar-refractivity contribution in [1.82, 2.24) is 0 Å². The maximum Gasteiger partial charge on any atom is 0.0787 e. The summed E-state index contributed by atoms with van der Waals surface area (Å²) in [5.41, 5.74) is 4.66. The van der Waals surface area contributed by atoms with Crippen molar-refractivity contribution in [3.05, 3.63) is 0 Å². The van der Waals surface area contributed by atoms with E-state index in [1.54, 1.807) is 0 Å². The monoisotopic (exact) mass is 243 g/mol. The molecule has 0 amide bonds. The zero-order valence-electron chi connectivity index (χ0n) is 11.0. The molecule has 0 spiro atoms. The SMILES string of the molecule is CC1(C)CC(O)(C2(CN)CCCOC2)CCO1. The van der Waals surface area contributed by atoms with Crippen molar-refractivity contribution in [1.29, 1.82) is 0 Å². The van der Waals surface area contributed by atoms with Gasteiger partial charge in [-0.15, -0.1) is 0 Å². The van der Waals surface area contributed by atoms with Gasteiger partial charge in [0.25, 0.3) is 0 Å². The van der Waals surface area contributed by atoms with Crippen molar-refractivity contribution in [2.24, 2.45) is 11.1 Å². The zero-order valence-corrected chi connectivity index (χ0v) is 11.0. The number of hydrogen-bond acceptors (Lipinski definition) is 4. The van der Waals surface area contributed by atoms with E-state index in [0.717, 1.165) is 19.4 Å². The predicted octanol–water partition coefficient (Wildman–Crippen LogP) is 1.06. The molecular weight excluding hydrogens is 218 g/mol. The Balaban J connectivity index is 2.22. The van der Waals surface area contributed by atoms with Crippen molar-refractivity contribution < 1.29 is 14.6 Å². The number of nitrogens with two attached hydrogens (primary N) is 1. The third-order valence-corrected chi connectivity index (χ3v) is 4.43. The molecule has 4 heteroatoms. The standard InChI is InChI=1S/C13H25NO3/c1-11(2)8-13(15,5-7-17-11)12(9-14)4-3-6-16-10-12/h15H,3-10,14H2,1-2H3. The van der Waals surface area contributed by atoms with Gasteiger partial charge in [0.15, 0.2) is 0 Å². The van der Waals surface area contributed by atoms with Crippen LogP contribution in [0.2, 0.25) is 0 Å². The summed E-state index contributed by atoms with van der Waals surface area (Å²) in [6.07, 6.45) is 3.24. The summed E-state index contributed by atoms with van der Waals surface area (Å²) in [7, 11) is 0. The first kappa shape index (κ1) is 13.3. The molecule has 2 saturated heterocycles. The highest BCUT2D eigenvalue weighted by molar-refractivity contribution is 5.05. The van der Waals surface area contributed by atoms with Crippen LogP contribution >= 0.6 is 0 Å². The first-order chi connectivity index (χ1) is 7.93. The third-order valence-electron chi connectivity index (χ3n) is 4.43. The molecule has 17 heavy (non-hydrogen) atoms. The summed E-state index contributed by atoms with van der Waals surface area (Å²) in [5.74, 6) is 0. The predicted molar refractivity (Wildman–Crippen MR) is 65.8 cm³/mol. The average molecular weight is 243 g/mol. The summed E-state index contributed by atoms with van der Waals surface area (Å²) < 4.78 is 11.3. The molecule has 0 saturated carbocycles. The fraction of sp³-hybridized carbons (Fsp3) is 1.00. The highest BCUT2D eigenvalue weighted by Crippen LogP contribution is 2.47. The van der Waals surface area contributed by atoms with Crippen LogP contribution in [0.25, 0.3) is 0 Å². The molecule has 2 heterocycles. The van der Waals surface area contributed by atoms with Gasteiger partial charge in [-0.1, -0.05) is 0 Å². The van der Waals surface area contributed by atoms with Gasteiger partial charge >= 0.3 is 0 Å². The van der Waals surface area contributed by atoms with Crippen molar-refractivity contribution in [2.75, 3.05) is 26.4 Å². The zero-order chi connectivity index (χ0) is 12.6. The van der Waals surface area contributed by atoms with E-state index < -0.39 is 5.60 Å². The van der Waals surface area contributed by atoms with Crippen LogP contribution in [0.5, 0.6) is 0 Å². The van der Waals surface area contributed by atoms with Crippen molar-refractivity contribution >= 4 is 0 Å². The molecule has 0 bridgehead atoms. The first-order valence-electron chi connectivity index (χ1n) is 6.57. The molecular formula is C13H25NO3.